The number of amides is 2. The average molecular weight is 462 g/mol. The molecule has 0 aromatic carbocycles. The monoisotopic (exact) mass is 461 g/mol. The van der Waals surface area contributed by atoms with Gasteiger partial charge in [-0.25, -0.2) is 4.52 Å². The zero-order valence-corrected chi connectivity index (χ0v) is 20.3. The maximum Gasteiger partial charge on any atom is 0.274 e. The molecule has 1 aliphatic heterocycles. The predicted molar refractivity (Wildman–Crippen MR) is 133 cm³/mol. The van der Waals surface area contributed by atoms with Crippen LogP contribution in [0.5, 0.6) is 0 Å². The second-order valence-corrected chi connectivity index (χ2v) is 9.05. The molecule has 3 aromatic rings. The summed E-state index contributed by atoms with van der Waals surface area (Å²) in [6.07, 6.45) is 13.2. The summed E-state index contributed by atoms with van der Waals surface area (Å²) in [5.74, 6) is -0.195. The molecule has 34 heavy (non-hydrogen) atoms. The molecule has 2 aliphatic rings. The fraction of sp³-hybridized carbons (Fsp3) is 0.481. The van der Waals surface area contributed by atoms with Crippen molar-refractivity contribution in [1.82, 2.24) is 24.8 Å². The third-order valence-electron chi connectivity index (χ3n) is 7.03. The van der Waals surface area contributed by atoms with Gasteiger partial charge in [0.1, 0.15) is 0 Å². The van der Waals surface area contributed by atoms with E-state index in [9.17, 15) is 9.59 Å². The van der Waals surface area contributed by atoms with Gasteiger partial charge in [0.15, 0.2) is 5.69 Å². The van der Waals surface area contributed by atoms with Gasteiger partial charge in [-0.05, 0) is 55.5 Å². The number of pyridine rings is 2. The zero-order chi connectivity index (χ0) is 24.0. The van der Waals surface area contributed by atoms with Crippen molar-refractivity contribution in [3.8, 4) is 0 Å². The van der Waals surface area contributed by atoms with Crippen molar-refractivity contribution < 1.29 is 9.59 Å². The number of hydrogen-bond acceptors (Lipinski definition) is 4. The average Bonchev–Trinajstić information content (AvgIpc) is 3.59. The third-order valence-corrected chi connectivity index (χ3v) is 7.03. The molecule has 0 unspecified atom stereocenters. The number of carbonyl (C=O) groups excluding carboxylic acids is 2. The quantitative estimate of drug-likeness (QED) is 0.601. The standard InChI is InChI=1S/C25H29N5O2.C2H6/c31-23(27-18-25(10-2-1-3-11-25)19-8-6-12-26-17-19)20-9-7-15-30-22(20)16-21(28-30)24(32)29-13-4-5-14-29;1-2/h6-9,12,15-17H,1-5,10-11,13-14,18H2,(H,27,31);1-2H3. The molecule has 1 saturated heterocycles. The summed E-state index contributed by atoms with van der Waals surface area (Å²) >= 11 is 0. The van der Waals surface area contributed by atoms with Crippen molar-refractivity contribution in [2.75, 3.05) is 19.6 Å². The lowest BCUT2D eigenvalue weighted by atomic mass is 9.70. The fourth-order valence-corrected chi connectivity index (χ4v) is 5.21. The summed E-state index contributed by atoms with van der Waals surface area (Å²) < 4.78 is 1.63. The van der Waals surface area contributed by atoms with E-state index in [1.54, 1.807) is 35.1 Å². The molecule has 5 rings (SSSR count). The minimum atomic E-state index is -0.135. The van der Waals surface area contributed by atoms with Gasteiger partial charge in [-0.15, -0.1) is 0 Å². The van der Waals surface area contributed by atoms with Crippen LogP contribution in [0.3, 0.4) is 0 Å². The molecule has 2 fully saturated rings. The van der Waals surface area contributed by atoms with Gasteiger partial charge < -0.3 is 10.2 Å². The minimum Gasteiger partial charge on any atom is -0.351 e. The lowest BCUT2D eigenvalue weighted by Crippen LogP contribution is -2.42. The molecular weight excluding hydrogens is 426 g/mol. The van der Waals surface area contributed by atoms with E-state index in [1.807, 2.05) is 31.0 Å². The first-order valence-corrected chi connectivity index (χ1v) is 12.6. The van der Waals surface area contributed by atoms with Gasteiger partial charge in [0, 0.05) is 43.6 Å². The van der Waals surface area contributed by atoms with Crippen LogP contribution in [0.25, 0.3) is 5.52 Å². The molecule has 4 heterocycles. The number of rotatable bonds is 5. The summed E-state index contributed by atoms with van der Waals surface area (Å²) in [6, 6.07) is 9.44. The Labute approximate surface area is 201 Å². The summed E-state index contributed by atoms with van der Waals surface area (Å²) in [7, 11) is 0. The van der Waals surface area contributed by atoms with E-state index in [2.05, 4.69) is 21.5 Å². The molecule has 3 aromatic heterocycles. The number of fused-ring (bicyclic) bond motifs is 1. The highest BCUT2D eigenvalue weighted by Crippen LogP contribution is 2.38. The summed E-state index contributed by atoms with van der Waals surface area (Å²) in [5, 5.41) is 7.64. The van der Waals surface area contributed by atoms with Crippen molar-refractivity contribution >= 4 is 17.3 Å². The Morgan fingerprint density at radius 1 is 1.03 bits per heavy atom. The number of nitrogens with zero attached hydrogens (tertiary/aromatic N) is 4. The first kappa shape index (κ1) is 23.9. The summed E-state index contributed by atoms with van der Waals surface area (Å²) in [4.78, 5) is 32.2. The number of aromatic nitrogens is 3. The van der Waals surface area contributed by atoms with Crippen molar-refractivity contribution in [2.45, 2.75) is 64.2 Å². The van der Waals surface area contributed by atoms with Gasteiger partial charge in [0.2, 0.25) is 0 Å². The van der Waals surface area contributed by atoms with Crippen LogP contribution in [0.4, 0.5) is 0 Å². The first-order chi connectivity index (χ1) is 16.7. The minimum absolute atomic E-state index is 0.0599. The number of nitrogens with one attached hydrogen (secondary N) is 1. The summed E-state index contributed by atoms with van der Waals surface area (Å²) in [5.41, 5.74) is 2.71. The van der Waals surface area contributed by atoms with Crippen LogP contribution in [-0.4, -0.2) is 50.9 Å². The molecule has 7 heteroatoms. The van der Waals surface area contributed by atoms with E-state index in [1.165, 1.54) is 12.0 Å². The molecule has 180 valence electrons. The molecule has 1 saturated carbocycles. The lowest BCUT2D eigenvalue weighted by Gasteiger charge is -2.37. The molecule has 2 amide bonds. The first-order valence-electron chi connectivity index (χ1n) is 12.6. The zero-order valence-electron chi connectivity index (χ0n) is 20.3. The van der Waals surface area contributed by atoms with E-state index >= 15 is 0 Å². The van der Waals surface area contributed by atoms with Gasteiger partial charge in [-0.1, -0.05) is 39.2 Å². The van der Waals surface area contributed by atoms with Crippen molar-refractivity contribution in [3.63, 3.8) is 0 Å². The SMILES string of the molecule is CC.O=C(NCC1(c2cccnc2)CCCCC1)c1cccn2nc(C(=O)N3CCCC3)cc12. The topological polar surface area (TPSA) is 79.6 Å². The predicted octanol–water partition coefficient (Wildman–Crippen LogP) is 4.62. The normalized spacial score (nSPS) is 17.2. The molecule has 0 atom stereocenters. The second kappa shape index (κ2) is 10.8. The smallest absolute Gasteiger partial charge is 0.274 e. The highest BCUT2D eigenvalue weighted by Gasteiger charge is 2.34. The Bertz CT molecular complexity index is 1110. The van der Waals surface area contributed by atoms with Gasteiger partial charge in [0.25, 0.3) is 11.8 Å². The van der Waals surface area contributed by atoms with Crippen LogP contribution in [0.1, 0.15) is 85.2 Å². The van der Waals surface area contributed by atoms with Gasteiger partial charge in [0.05, 0.1) is 11.1 Å². The summed E-state index contributed by atoms with van der Waals surface area (Å²) in [6.45, 7) is 6.12. The molecule has 0 radical (unpaired) electrons. The Kier molecular flexibility index (Phi) is 7.60. The lowest BCUT2D eigenvalue weighted by molar-refractivity contribution is 0.0786. The molecule has 7 nitrogen and oxygen atoms in total. The fourth-order valence-electron chi connectivity index (χ4n) is 5.21. The Morgan fingerprint density at radius 3 is 2.50 bits per heavy atom. The van der Waals surface area contributed by atoms with Crippen LogP contribution in [0.2, 0.25) is 0 Å². The molecule has 1 aliphatic carbocycles. The molecule has 1 N–H and O–H groups in total. The van der Waals surface area contributed by atoms with Crippen LogP contribution >= 0.6 is 0 Å². The maximum atomic E-state index is 13.2. The van der Waals surface area contributed by atoms with Crippen LogP contribution < -0.4 is 5.32 Å². The highest BCUT2D eigenvalue weighted by molar-refractivity contribution is 6.02. The van der Waals surface area contributed by atoms with E-state index < -0.39 is 0 Å². The largest absolute Gasteiger partial charge is 0.351 e. The number of carbonyl (C=O) groups is 2. The van der Waals surface area contributed by atoms with E-state index in [0.29, 0.717) is 23.3 Å². The molecule has 0 bridgehead atoms. The van der Waals surface area contributed by atoms with Crippen LogP contribution in [0, 0.1) is 0 Å². The number of likely N-dealkylation sites (tertiary alicyclic amines) is 1. The second-order valence-electron chi connectivity index (χ2n) is 9.05. The van der Waals surface area contributed by atoms with Crippen molar-refractivity contribution in [2.24, 2.45) is 0 Å². The number of hydrogen-bond donors (Lipinski definition) is 1. The Morgan fingerprint density at radius 2 is 1.79 bits per heavy atom. The van der Waals surface area contributed by atoms with Crippen molar-refractivity contribution in [3.05, 3.63) is 65.7 Å². The molecule has 0 spiro atoms. The van der Waals surface area contributed by atoms with E-state index in [4.69, 9.17) is 0 Å². The van der Waals surface area contributed by atoms with Crippen LogP contribution in [0.15, 0.2) is 48.9 Å². The molecular formula is C27H35N5O2. The Hall–Kier alpha value is -3.22. The van der Waals surface area contributed by atoms with Gasteiger partial charge >= 0.3 is 0 Å². The maximum absolute atomic E-state index is 13.2. The Balaban J connectivity index is 0.00000133. The third kappa shape index (κ3) is 4.83. The van der Waals surface area contributed by atoms with E-state index in [-0.39, 0.29) is 17.2 Å². The highest BCUT2D eigenvalue weighted by atomic mass is 16.2. The van der Waals surface area contributed by atoms with E-state index in [0.717, 1.165) is 51.6 Å². The van der Waals surface area contributed by atoms with Gasteiger partial charge in [-0.2, -0.15) is 5.10 Å². The van der Waals surface area contributed by atoms with Crippen LogP contribution in [-0.2, 0) is 5.41 Å². The van der Waals surface area contributed by atoms with Crippen molar-refractivity contribution in [1.29, 1.82) is 0 Å². The van der Waals surface area contributed by atoms with Gasteiger partial charge in [-0.3, -0.25) is 14.6 Å².